The number of rotatable bonds is 6. The van der Waals surface area contributed by atoms with Gasteiger partial charge in [-0.1, -0.05) is 30.3 Å². The molecule has 7 nitrogen and oxygen atoms in total. The minimum atomic E-state index is -0.600. The van der Waals surface area contributed by atoms with Crippen molar-refractivity contribution >= 4 is 22.7 Å². The van der Waals surface area contributed by atoms with E-state index in [9.17, 15) is 14.4 Å². The number of aryl methyl sites for hydroxylation is 2. The fourth-order valence-electron chi connectivity index (χ4n) is 3.57. The highest BCUT2D eigenvalue weighted by Gasteiger charge is 2.18. The summed E-state index contributed by atoms with van der Waals surface area (Å²) in [4.78, 5) is 47.7. The van der Waals surface area contributed by atoms with Crippen molar-refractivity contribution in [3.05, 3.63) is 98.9 Å². The van der Waals surface area contributed by atoms with Crippen molar-refractivity contribution in [3.63, 3.8) is 0 Å². The van der Waals surface area contributed by atoms with Gasteiger partial charge in [0, 0.05) is 23.4 Å². The van der Waals surface area contributed by atoms with E-state index in [4.69, 9.17) is 4.74 Å². The molecule has 2 heterocycles. The Morgan fingerprint density at radius 2 is 1.71 bits per heavy atom. The van der Waals surface area contributed by atoms with Crippen molar-refractivity contribution in [3.8, 4) is 0 Å². The fourth-order valence-corrected chi connectivity index (χ4v) is 3.57. The number of nitrogens with one attached hydrogen (secondary N) is 2. The SMILES string of the molecule is Cc1cc(C(=O)COC(=O)c2ccccc2Cc2nc3ccccc3c(=O)[nH]2)c(C)[nH]1. The van der Waals surface area contributed by atoms with Gasteiger partial charge in [-0.2, -0.15) is 0 Å². The van der Waals surface area contributed by atoms with Crippen molar-refractivity contribution in [2.45, 2.75) is 20.3 Å². The molecule has 0 saturated heterocycles. The van der Waals surface area contributed by atoms with Crippen molar-refractivity contribution < 1.29 is 14.3 Å². The van der Waals surface area contributed by atoms with Crippen molar-refractivity contribution in [1.82, 2.24) is 15.0 Å². The molecule has 0 fully saturated rings. The maximum absolute atomic E-state index is 12.7. The molecule has 7 heteroatoms. The standard InChI is InChI=1S/C24H21N3O4/c1-14-11-19(15(2)25-14)21(28)13-31-24(30)17-8-4-3-7-16(17)12-22-26-20-10-6-5-9-18(20)23(29)27-22/h3-11,25H,12-13H2,1-2H3,(H,26,27,29). The first-order valence-corrected chi connectivity index (χ1v) is 9.85. The lowest BCUT2D eigenvalue weighted by Gasteiger charge is -2.10. The van der Waals surface area contributed by atoms with E-state index in [0.29, 0.717) is 33.4 Å². The highest BCUT2D eigenvalue weighted by atomic mass is 16.5. The lowest BCUT2D eigenvalue weighted by molar-refractivity contribution is 0.0473. The lowest BCUT2D eigenvalue weighted by atomic mass is 10.0. The predicted molar refractivity (Wildman–Crippen MR) is 116 cm³/mol. The number of Topliss-reactive ketones (excluding diaryl/α,β-unsaturated/α-hetero) is 1. The number of ether oxygens (including phenoxy) is 1. The highest BCUT2D eigenvalue weighted by Crippen LogP contribution is 2.16. The van der Waals surface area contributed by atoms with Crippen LogP contribution in [-0.2, 0) is 11.2 Å². The summed E-state index contributed by atoms with van der Waals surface area (Å²) in [5, 5.41) is 0.507. The molecule has 4 aromatic rings. The minimum Gasteiger partial charge on any atom is -0.454 e. The van der Waals surface area contributed by atoms with Crippen molar-refractivity contribution in [2.75, 3.05) is 6.61 Å². The average Bonchev–Trinajstić information content (AvgIpc) is 3.10. The average molecular weight is 415 g/mol. The normalized spacial score (nSPS) is 10.9. The third-order valence-corrected chi connectivity index (χ3v) is 5.04. The van der Waals surface area contributed by atoms with Gasteiger partial charge in [0.05, 0.1) is 16.5 Å². The Morgan fingerprint density at radius 3 is 2.48 bits per heavy atom. The van der Waals surface area contributed by atoms with Crippen LogP contribution < -0.4 is 5.56 Å². The van der Waals surface area contributed by atoms with Crippen LogP contribution in [0.5, 0.6) is 0 Å². The number of aromatic amines is 2. The second-order valence-corrected chi connectivity index (χ2v) is 7.35. The number of esters is 1. The number of carbonyl (C=O) groups excluding carboxylic acids is 2. The van der Waals surface area contributed by atoms with Crippen LogP contribution >= 0.6 is 0 Å². The van der Waals surface area contributed by atoms with Crippen LogP contribution in [0.25, 0.3) is 10.9 Å². The maximum atomic E-state index is 12.7. The molecule has 2 aromatic carbocycles. The molecule has 0 bridgehead atoms. The van der Waals surface area contributed by atoms with Crippen LogP contribution in [0.4, 0.5) is 0 Å². The van der Waals surface area contributed by atoms with Crippen LogP contribution in [0.2, 0.25) is 0 Å². The summed E-state index contributed by atoms with van der Waals surface area (Å²) >= 11 is 0. The second kappa shape index (κ2) is 8.39. The van der Waals surface area contributed by atoms with Gasteiger partial charge in [-0.15, -0.1) is 0 Å². The van der Waals surface area contributed by atoms with E-state index in [0.717, 1.165) is 11.4 Å². The first-order valence-electron chi connectivity index (χ1n) is 9.85. The monoisotopic (exact) mass is 415 g/mol. The Bertz CT molecular complexity index is 1350. The zero-order valence-electron chi connectivity index (χ0n) is 17.2. The van der Waals surface area contributed by atoms with Crippen LogP contribution in [0.3, 0.4) is 0 Å². The molecule has 0 saturated carbocycles. The number of nitrogens with zero attached hydrogens (tertiary/aromatic N) is 1. The zero-order valence-corrected chi connectivity index (χ0v) is 17.2. The molecule has 2 N–H and O–H groups in total. The van der Waals surface area contributed by atoms with E-state index in [1.807, 2.05) is 13.0 Å². The number of fused-ring (bicyclic) bond motifs is 1. The van der Waals surface area contributed by atoms with Crippen LogP contribution in [-0.4, -0.2) is 33.3 Å². The summed E-state index contributed by atoms with van der Waals surface area (Å²) in [6.07, 6.45) is 0.245. The number of para-hydroxylation sites is 1. The molecule has 4 rings (SSSR count). The van der Waals surface area contributed by atoms with Gasteiger partial charge in [0.1, 0.15) is 5.82 Å². The number of ketones is 1. The van der Waals surface area contributed by atoms with Gasteiger partial charge in [-0.3, -0.25) is 9.59 Å². The highest BCUT2D eigenvalue weighted by molar-refractivity contribution is 6.00. The van der Waals surface area contributed by atoms with E-state index in [2.05, 4.69) is 15.0 Å². The van der Waals surface area contributed by atoms with Crippen LogP contribution in [0, 0.1) is 13.8 Å². The number of aromatic nitrogens is 3. The topological polar surface area (TPSA) is 105 Å². The van der Waals surface area contributed by atoms with Gasteiger partial charge in [-0.05, 0) is 43.7 Å². The molecule has 0 radical (unpaired) electrons. The minimum absolute atomic E-state index is 0.233. The van der Waals surface area contributed by atoms with Gasteiger partial charge in [-0.25, -0.2) is 9.78 Å². The molecule has 0 aliphatic carbocycles. The van der Waals surface area contributed by atoms with E-state index < -0.39 is 5.97 Å². The zero-order chi connectivity index (χ0) is 22.0. The van der Waals surface area contributed by atoms with E-state index in [-0.39, 0.29) is 24.4 Å². The molecule has 0 aliphatic rings. The van der Waals surface area contributed by atoms with E-state index in [1.165, 1.54) is 0 Å². The molecular formula is C24H21N3O4. The van der Waals surface area contributed by atoms with Crippen molar-refractivity contribution in [2.24, 2.45) is 0 Å². The summed E-state index contributed by atoms with van der Waals surface area (Å²) in [7, 11) is 0. The summed E-state index contributed by atoms with van der Waals surface area (Å²) in [5.41, 5.74) is 3.45. The Morgan fingerprint density at radius 1 is 0.968 bits per heavy atom. The maximum Gasteiger partial charge on any atom is 0.338 e. The van der Waals surface area contributed by atoms with Gasteiger partial charge in [0.25, 0.3) is 5.56 Å². The molecule has 0 unspecified atom stereocenters. The lowest BCUT2D eigenvalue weighted by Crippen LogP contribution is -2.17. The Hall–Kier alpha value is -4.00. The smallest absolute Gasteiger partial charge is 0.338 e. The largest absolute Gasteiger partial charge is 0.454 e. The summed E-state index contributed by atoms with van der Waals surface area (Å²) < 4.78 is 5.29. The van der Waals surface area contributed by atoms with Crippen LogP contribution in [0.1, 0.15) is 43.5 Å². The quantitative estimate of drug-likeness (QED) is 0.370. The summed E-state index contributed by atoms with van der Waals surface area (Å²) in [6, 6.07) is 15.7. The second-order valence-electron chi connectivity index (χ2n) is 7.35. The number of carbonyl (C=O) groups is 2. The fraction of sp³-hybridized carbons (Fsp3) is 0.167. The Labute approximate surface area is 178 Å². The predicted octanol–water partition coefficient (Wildman–Crippen LogP) is 3.50. The third kappa shape index (κ3) is 4.30. The number of hydrogen-bond donors (Lipinski definition) is 2. The third-order valence-electron chi connectivity index (χ3n) is 5.04. The molecule has 2 aromatic heterocycles. The Balaban J connectivity index is 1.53. The molecule has 31 heavy (non-hydrogen) atoms. The molecule has 0 atom stereocenters. The van der Waals surface area contributed by atoms with Gasteiger partial charge >= 0.3 is 5.97 Å². The molecule has 0 spiro atoms. The molecule has 0 amide bonds. The van der Waals surface area contributed by atoms with E-state index in [1.54, 1.807) is 55.5 Å². The summed E-state index contributed by atoms with van der Waals surface area (Å²) in [5.74, 6) is -0.427. The van der Waals surface area contributed by atoms with E-state index >= 15 is 0 Å². The number of H-pyrrole nitrogens is 2. The number of hydrogen-bond acceptors (Lipinski definition) is 5. The molecule has 0 aliphatic heterocycles. The molecule has 156 valence electrons. The first kappa shape index (κ1) is 20.3. The summed E-state index contributed by atoms with van der Waals surface area (Å²) in [6.45, 7) is 3.31. The molecular weight excluding hydrogens is 394 g/mol. The van der Waals surface area contributed by atoms with Gasteiger partial charge < -0.3 is 14.7 Å². The van der Waals surface area contributed by atoms with Gasteiger partial charge in [0.15, 0.2) is 6.61 Å². The first-order chi connectivity index (χ1) is 14.9. The number of benzene rings is 2. The Kier molecular flexibility index (Phi) is 5.49. The van der Waals surface area contributed by atoms with Crippen LogP contribution in [0.15, 0.2) is 59.4 Å². The van der Waals surface area contributed by atoms with Gasteiger partial charge in [0.2, 0.25) is 5.78 Å². The van der Waals surface area contributed by atoms with Crippen molar-refractivity contribution in [1.29, 1.82) is 0 Å².